The summed E-state index contributed by atoms with van der Waals surface area (Å²) in [5.41, 5.74) is 0.145. The molecule has 25 heavy (non-hydrogen) atoms. The van der Waals surface area contributed by atoms with E-state index in [1.807, 2.05) is 0 Å². The Labute approximate surface area is 145 Å². The van der Waals surface area contributed by atoms with Crippen LogP contribution in [0.3, 0.4) is 0 Å². The molecule has 0 aromatic carbocycles. The summed E-state index contributed by atoms with van der Waals surface area (Å²) in [4.78, 5) is 36.8. The molecular formula is C16H22N6O3. The van der Waals surface area contributed by atoms with Gasteiger partial charge in [-0.15, -0.1) is 0 Å². The standard InChI is InChI=1S/C16H22N6O3/c1-19-12(10-14(23)20(2)16(19)24)11-21-6-8-22(9-7-21)15-17-5-4-13(18-15)25-3/h4-5,10H,6-9,11H2,1-3H3. The van der Waals surface area contributed by atoms with Gasteiger partial charge >= 0.3 is 5.69 Å². The van der Waals surface area contributed by atoms with Crippen LogP contribution < -0.4 is 20.9 Å². The minimum atomic E-state index is -0.300. The molecule has 3 rings (SSSR count). The predicted molar refractivity (Wildman–Crippen MR) is 93.0 cm³/mol. The van der Waals surface area contributed by atoms with Gasteiger partial charge in [0.1, 0.15) is 0 Å². The van der Waals surface area contributed by atoms with E-state index in [1.165, 1.54) is 17.7 Å². The van der Waals surface area contributed by atoms with Crippen LogP contribution in [0.5, 0.6) is 5.88 Å². The second-order valence-corrected chi connectivity index (χ2v) is 6.04. The summed E-state index contributed by atoms with van der Waals surface area (Å²) in [7, 11) is 4.76. The van der Waals surface area contributed by atoms with Gasteiger partial charge < -0.3 is 9.64 Å². The highest BCUT2D eigenvalue weighted by molar-refractivity contribution is 5.32. The van der Waals surface area contributed by atoms with Crippen molar-refractivity contribution in [3.05, 3.63) is 44.9 Å². The first-order valence-electron chi connectivity index (χ1n) is 8.10. The lowest BCUT2D eigenvalue weighted by Gasteiger charge is -2.34. The Balaban J connectivity index is 1.67. The molecule has 0 amide bonds. The molecule has 1 fully saturated rings. The van der Waals surface area contributed by atoms with Crippen molar-refractivity contribution < 1.29 is 4.74 Å². The van der Waals surface area contributed by atoms with Crippen molar-refractivity contribution >= 4 is 5.95 Å². The fourth-order valence-corrected chi connectivity index (χ4v) is 2.86. The number of hydrogen-bond donors (Lipinski definition) is 0. The molecule has 1 aliphatic rings. The van der Waals surface area contributed by atoms with Crippen LogP contribution in [-0.2, 0) is 20.6 Å². The summed E-state index contributed by atoms with van der Waals surface area (Å²) in [5.74, 6) is 1.20. The number of aromatic nitrogens is 4. The number of hydrogen-bond acceptors (Lipinski definition) is 7. The molecule has 134 valence electrons. The first-order valence-corrected chi connectivity index (χ1v) is 8.10. The van der Waals surface area contributed by atoms with Gasteiger partial charge in [-0.3, -0.25) is 18.8 Å². The quantitative estimate of drug-likeness (QED) is 0.717. The van der Waals surface area contributed by atoms with E-state index in [1.54, 1.807) is 26.4 Å². The molecule has 0 N–H and O–H groups in total. The summed E-state index contributed by atoms with van der Waals surface area (Å²) >= 11 is 0. The normalized spacial score (nSPS) is 15.4. The molecule has 0 unspecified atom stereocenters. The van der Waals surface area contributed by atoms with Crippen LogP contribution in [0.25, 0.3) is 0 Å². The summed E-state index contributed by atoms with van der Waals surface area (Å²) < 4.78 is 7.78. The van der Waals surface area contributed by atoms with E-state index in [-0.39, 0.29) is 11.2 Å². The maximum atomic E-state index is 12.0. The second-order valence-electron chi connectivity index (χ2n) is 6.04. The molecule has 0 saturated carbocycles. The molecule has 0 bridgehead atoms. The lowest BCUT2D eigenvalue weighted by atomic mass is 10.3. The van der Waals surface area contributed by atoms with Crippen LogP contribution in [-0.4, -0.2) is 57.3 Å². The zero-order valence-corrected chi connectivity index (χ0v) is 14.7. The lowest BCUT2D eigenvalue weighted by Crippen LogP contribution is -2.47. The monoisotopic (exact) mass is 346 g/mol. The van der Waals surface area contributed by atoms with Crippen LogP contribution in [0, 0.1) is 0 Å². The molecule has 3 heterocycles. The van der Waals surface area contributed by atoms with Gasteiger partial charge in [0.25, 0.3) is 5.56 Å². The van der Waals surface area contributed by atoms with Gasteiger partial charge in [0, 0.05) is 70.8 Å². The number of methoxy groups -OCH3 is 1. The van der Waals surface area contributed by atoms with Gasteiger partial charge in [0.05, 0.1) is 7.11 Å². The molecular weight excluding hydrogens is 324 g/mol. The molecule has 2 aromatic heterocycles. The Hall–Kier alpha value is -2.68. The molecule has 9 nitrogen and oxygen atoms in total. The van der Waals surface area contributed by atoms with Crippen molar-refractivity contribution in [2.24, 2.45) is 14.1 Å². The van der Waals surface area contributed by atoms with Crippen molar-refractivity contribution in [2.75, 3.05) is 38.2 Å². The van der Waals surface area contributed by atoms with Crippen LogP contribution in [0.15, 0.2) is 27.9 Å². The average Bonchev–Trinajstić information content (AvgIpc) is 2.65. The highest BCUT2D eigenvalue weighted by Gasteiger charge is 2.20. The van der Waals surface area contributed by atoms with E-state index < -0.39 is 0 Å². The van der Waals surface area contributed by atoms with Gasteiger partial charge in [-0.25, -0.2) is 9.78 Å². The molecule has 0 atom stereocenters. The minimum absolute atomic E-state index is 0.276. The van der Waals surface area contributed by atoms with Crippen LogP contribution in [0.1, 0.15) is 5.69 Å². The Morgan fingerprint density at radius 2 is 1.84 bits per heavy atom. The van der Waals surface area contributed by atoms with Gasteiger partial charge in [-0.2, -0.15) is 4.98 Å². The number of ether oxygens (including phenoxy) is 1. The van der Waals surface area contributed by atoms with Crippen LogP contribution >= 0.6 is 0 Å². The van der Waals surface area contributed by atoms with Gasteiger partial charge in [0.2, 0.25) is 11.8 Å². The average molecular weight is 346 g/mol. The minimum Gasteiger partial charge on any atom is -0.481 e. The fraction of sp³-hybridized carbons (Fsp3) is 0.500. The van der Waals surface area contributed by atoms with Gasteiger partial charge in [-0.05, 0) is 0 Å². The van der Waals surface area contributed by atoms with Gasteiger partial charge in [-0.1, -0.05) is 0 Å². The Bertz CT molecular complexity index is 867. The number of piperazine rings is 1. The predicted octanol–water partition coefficient (Wildman–Crippen LogP) is -0.795. The highest BCUT2D eigenvalue weighted by atomic mass is 16.5. The third-order valence-electron chi connectivity index (χ3n) is 4.49. The van der Waals surface area contributed by atoms with Crippen molar-refractivity contribution in [3.63, 3.8) is 0 Å². The van der Waals surface area contributed by atoms with Crippen molar-refractivity contribution in [1.29, 1.82) is 0 Å². The third-order valence-corrected chi connectivity index (χ3v) is 4.49. The largest absolute Gasteiger partial charge is 0.481 e. The topological polar surface area (TPSA) is 85.5 Å². The Morgan fingerprint density at radius 1 is 1.12 bits per heavy atom. The lowest BCUT2D eigenvalue weighted by molar-refractivity contribution is 0.242. The number of nitrogens with zero attached hydrogens (tertiary/aromatic N) is 6. The zero-order valence-electron chi connectivity index (χ0n) is 14.7. The zero-order chi connectivity index (χ0) is 18.0. The maximum absolute atomic E-state index is 12.0. The molecule has 2 aromatic rings. The molecule has 1 aliphatic heterocycles. The second kappa shape index (κ2) is 7.06. The summed E-state index contributed by atoms with van der Waals surface area (Å²) in [5, 5.41) is 0. The van der Waals surface area contributed by atoms with Crippen molar-refractivity contribution in [1.82, 2.24) is 24.0 Å². The van der Waals surface area contributed by atoms with E-state index in [2.05, 4.69) is 19.8 Å². The Morgan fingerprint density at radius 3 is 2.52 bits per heavy atom. The van der Waals surface area contributed by atoms with Crippen LogP contribution in [0.2, 0.25) is 0 Å². The first kappa shape index (κ1) is 17.2. The summed E-state index contributed by atoms with van der Waals surface area (Å²) in [6.07, 6.45) is 1.68. The van der Waals surface area contributed by atoms with Crippen molar-refractivity contribution in [2.45, 2.75) is 6.54 Å². The SMILES string of the molecule is COc1ccnc(N2CCN(Cc3cc(=O)n(C)c(=O)n3C)CC2)n1. The first-order chi connectivity index (χ1) is 12.0. The molecule has 9 heteroatoms. The maximum Gasteiger partial charge on any atom is 0.330 e. The summed E-state index contributed by atoms with van der Waals surface area (Å²) in [6, 6.07) is 3.25. The van der Waals surface area contributed by atoms with Crippen LogP contribution in [0.4, 0.5) is 5.95 Å². The molecule has 0 radical (unpaired) electrons. The van der Waals surface area contributed by atoms with E-state index in [9.17, 15) is 9.59 Å². The van der Waals surface area contributed by atoms with Gasteiger partial charge in [0.15, 0.2) is 0 Å². The smallest absolute Gasteiger partial charge is 0.330 e. The van der Waals surface area contributed by atoms with E-state index in [0.29, 0.717) is 18.4 Å². The molecule has 0 aliphatic carbocycles. The number of rotatable bonds is 4. The fourth-order valence-electron chi connectivity index (χ4n) is 2.86. The van der Waals surface area contributed by atoms with E-state index >= 15 is 0 Å². The molecule has 0 spiro atoms. The third kappa shape index (κ3) is 3.55. The van der Waals surface area contributed by atoms with E-state index in [0.717, 1.165) is 36.4 Å². The molecule has 1 saturated heterocycles. The Kier molecular flexibility index (Phi) is 4.84. The van der Waals surface area contributed by atoms with Crippen molar-refractivity contribution in [3.8, 4) is 5.88 Å². The number of anilines is 1. The van der Waals surface area contributed by atoms with E-state index in [4.69, 9.17) is 4.74 Å². The highest BCUT2D eigenvalue weighted by Crippen LogP contribution is 2.15. The summed E-state index contributed by atoms with van der Waals surface area (Å²) in [6.45, 7) is 3.69.